The number of anilines is 1. The van der Waals surface area contributed by atoms with Crippen molar-refractivity contribution in [3.63, 3.8) is 0 Å². The van der Waals surface area contributed by atoms with Gasteiger partial charge in [0, 0.05) is 48.9 Å². The van der Waals surface area contributed by atoms with Crippen molar-refractivity contribution < 1.29 is 32.3 Å². The van der Waals surface area contributed by atoms with Crippen molar-refractivity contribution in [1.29, 1.82) is 5.26 Å². The standard InChI is InChI=1S/C25H24F3N5O3/c1-32-14-19(16-6-9-33(2,10-7-16)24(36)22(34)25(26,27)28)18-12-17(3-4-21(18)32)31-23(35)20-11-15(13-29)5-8-30-20/h3-5,8,11-12,14,16,22,34H,6-7,9-10H2,1-2H3/p+1. The number of quaternary nitrogens is 1. The van der Waals surface area contributed by atoms with E-state index in [-0.39, 0.29) is 24.7 Å². The van der Waals surface area contributed by atoms with Crippen LogP contribution < -0.4 is 5.32 Å². The van der Waals surface area contributed by atoms with E-state index >= 15 is 0 Å². The highest BCUT2D eigenvalue weighted by molar-refractivity contribution is 6.04. The van der Waals surface area contributed by atoms with E-state index in [9.17, 15) is 27.9 Å². The molecule has 1 saturated heterocycles. The molecule has 2 aromatic heterocycles. The summed E-state index contributed by atoms with van der Waals surface area (Å²) in [5, 5.41) is 22.2. The number of likely N-dealkylation sites (tertiary alicyclic amines) is 1. The lowest BCUT2D eigenvalue weighted by atomic mass is 9.88. The molecule has 0 bridgehead atoms. The average Bonchev–Trinajstić information content (AvgIpc) is 3.18. The Morgan fingerprint density at radius 3 is 2.58 bits per heavy atom. The molecule has 1 unspecified atom stereocenters. The van der Waals surface area contributed by atoms with E-state index in [0.717, 1.165) is 16.5 Å². The molecule has 11 heteroatoms. The van der Waals surface area contributed by atoms with Gasteiger partial charge < -0.3 is 15.0 Å². The Morgan fingerprint density at radius 1 is 1.25 bits per heavy atom. The molecular weight excluding hydrogens is 475 g/mol. The highest BCUT2D eigenvalue weighted by Crippen LogP contribution is 2.37. The first kappa shape index (κ1) is 25.3. The molecule has 0 spiro atoms. The predicted molar refractivity (Wildman–Crippen MR) is 125 cm³/mol. The molecule has 36 heavy (non-hydrogen) atoms. The minimum atomic E-state index is -4.99. The van der Waals surface area contributed by atoms with Crippen LogP contribution in [0.15, 0.2) is 42.7 Å². The first-order chi connectivity index (χ1) is 16.9. The average molecular weight is 501 g/mol. The van der Waals surface area contributed by atoms with Crippen LogP contribution >= 0.6 is 0 Å². The Balaban J connectivity index is 1.54. The molecule has 1 aliphatic heterocycles. The molecule has 1 atom stereocenters. The largest absolute Gasteiger partial charge is 0.427 e. The van der Waals surface area contributed by atoms with Gasteiger partial charge in [-0.2, -0.15) is 18.4 Å². The van der Waals surface area contributed by atoms with E-state index in [1.165, 1.54) is 25.4 Å². The quantitative estimate of drug-likeness (QED) is 0.534. The summed E-state index contributed by atoms with van der Waals surface area (Å²) in [5.74, 6) is -1.70. The monoisotopic (exact) mass is 500 g/mol. The molecule has 1 aliphatic rings. The van der Waals surface area contributed by atoms with E-state index in [4.69, 9.17) is 5.26 Å². The number of halogens is 3. The number of nitriles is 1. The second-order valence-electron chi connectivity index (χ2n) is 9.32. The van der Waals surface area contributed by atoms with E-state index in [2.05, 4.69) is 10.3 Å². The number of aromatic nitrogens is 2. The second-order valence-corrected chi connectivity index (χ2v) is 9.32. The van der Waals surface area contributed by atoms with Crippen molar-refractivity contribution >= 4 is 28.4 Å². The number of piperidine rings is 1. The summed E-state index contributed by atoms with van der Waals surface area (Å²) in [6, 6.07) is 10.3. The summed E-state index contributed by atoms with van der Waals surface area (Å²) in [7, 11) is 3.31. The third kappa shape index (κ3) is 4.82. The van der Waals surface area contributed by atoms with Crippen LogP contribution in [0.2, 0.25) is 0 Å². The number of carbonyl (C=O) groups is 2. The maximum atomic E-state index is 12.9. The second kappa shape index (κ2) is 9.37. The number of alkyl halides is 3. The van der Waals surface area contributed by atoms with Gasteiger partial charge in [0.25, 0.3) is 12.0 Å². The zero-order chi connectivity index (χ0) is 26.3. The van der Waals surface area contributed by atoms with Crippen LogP contribution in [0.4, 0.5) is 18.9 Å². The fraction of sp³-hybridized carbons (Fsp3) is 0.360. The maximum Gasteiger partial charge on any atom is 0.427 e. The molecule has 0 saturated carbocycles. The van der Waals surface area contributed by atoms with Gasteiger partial charge in [-0.1, -0.05) is 0 Å². The molecule has 3 aromatic rings. The van der Waals surface area contributed by atoms with Gasteiger partial charge in [0.15, 0.2) is 0 Å². The van der Waals surface area contributed by atoms with Gasteiger partial charge in [-0.3, -0.25) is 14.3 Å². The van der Waals surface area contributed by atoms with Gasteiger partial charge in [-0.05, 0) is 41.8 Å². The Morgan fingerprint density at radius 2 is 1.94 bits per heavy atom. The van der Waals surface area contributed by atoms with Crippen LogP contribution in [-0.2, 0) is 11.8 Å². The van der Waals surface area contributed by atoms with Crippen LogP contribution in [-0.4, -0.2) is 63.4 Å². The van der Waals surface area contributed by atoms with Crippen LogP contribution in [0.25, 0.3) is 10.9 Å². The number of nitrogens with one attached hydrogen (secondary N) is 1. The molecule has 2 N–H and O–H groups in total. The Bertz CT molecular complexity index is 1370. The molecule has 4 rings (SSSR count). The minimum absolute atomic E-state index is 0.00402. The minimum Gasteiger partial charge on any atom is -0.372 e. The third-order valence-corrected chi connectivity index (χ3v) is 6.86. The number of carbonyl (C=O) groups excluding carboxylic acids is 2. The molecule has 0 aliphatic carbocycles. The lowest BCUT2D eigenvalue weighted by Gasteiger charge is -2.39. The molecule has 0 radical (unpaired) electrons. The van der Waals surface area contributed by atoms with Gasteiger partial charge >= 0.3 is 12.1 Å². The number of rotatable bonds is 4. The number of likely N-dealkylation sites (N-methyl/N-ethyl adjacent to an activating group) is 1. The van der Waals surface area contributed by atoms with Crippen LogP contribution in [0.3, 0.4) is 0 Å². The number of benzene rings is 1. The van der Waals surface area contributed by atoms with Crippen LogP contribution in [0.1, 0.15) is 40.4 Å². The predicted octanol–water partition coefficient (Wildman–Crippen LogP) is 3.47. The van der Waals surface area contributed by atoms with Crippen molar-refractivity contribution in [1.82, 2.24) is 9.55 Å². The SMILES string of the molecule is Cn1cc(C2CC[N+](C)(C(=O)C(O)C(F)(F)F)CC2)c2cc(NC(=O)c3cc(C#N)ccn3)ccc21. The number of aliphatic hydroxyl groups is 1. The molecule has 1 aromatic carbocycles. The highest BCUT2D eigenvalue weighted by atomic mass is 19.4. The van der Waals surface area contributed by atoms with E-state index in [1.54, 1.807) is 6.07 Å². The van der Waals surface area contributed by atoms with Gasteiger partial charge in [0.1, 0.15) is 5.69 Å². The van der Waals surface area contributed by atoms with Crippen LogP contribution in [0.5, 0.6) is 0 Å². The fourth-order valence-electron chi connectivity index (χ4n) is 4.75. The lowest BCUT2D eigenvalue weighted by molar-refractivity contribution is -0.842. The van der Waals surface area contributed by atoms with Gasteiger partial charge in [-0.15, -0.1) is 0 Å². The van der Waals surface area contributed by atoms with E-state index in [0.29, 0.717) is 24.1 Å². The Labute approximate surface area is 205 Å². The summed E-state index contributed by atoms with van der Waals surface area (Å²) in [6.45, 7) is 0.342. The molecule has 188 valence electrons. The zero-order valence-electron chi connectivity index (χ0n) is 19.7. The maximum absolute atomic E-state index is 12.9. The summed E-state index contributed by atoms with van der Waals surface area (Å²) >= 11 is 0. The summed E-state index contributed by atoms with van der Waals surface area (Å²) < 4.78 is 40.1. The highest BCUT2D eigenvalue weighted by Gasteiger charge is 2.52. The third-order valence-electron chi connectivity index (χ3n) is 6.86. The van der Waals surface area contributed by atoms with Crippen LogP contribution in [0, 0.1) is 11.3 Å². The number of aryl methyl sites for hydroxylation is 1. The number of pyridine rings is 1. The number of hydrogen-bond acceptors (Lipinski definition) is 5. The first-order valence-corrected chi connectivity index (χ1v) is 11.3. The fourth-order valence-corrected chi connectivity index (χ4v) is 4.75. The van der Waals surface area contributed by atoms with Crippen molar-refractivity contribution in [2.45, 2.75) is 31.0 Å². The lowest BCUT2D eigenvalue weighted by Crippen LogP contribution is -2.60. The number of amides is 2. The van der Waals surface area contributed by atoms with Crippen molar-refractivity contribution in [2.75, 3.05) is 25.5 Å². The molecule has 8 nitrogen and oxygen atoms in total. The van der Waals surface area contributed by atoms with E-state index < -0.39 is 28.6 Å². The summed E-state index contributed by atoms with van der Waals surface area (Å²) in [6.07, 6.45) is -3.70. The number of aliphatic hydroxyl groups excluding tert-OH is 1. The zero-order valence-corrected chi connectivity index (χ0v) is 19.7. The van der Waals surface area contributed by atoms with Gasteiger partial charge in [0.2, 0.25) is 0 Å². The van der Waals surface area contributed by atoms with Crippen molar-refractivity contribution in [3.05, 3.63) is 59.5 Å². The Hall–Kier alpha value is -3.75. The Kier molecular flexibility index (Phi) is 6.60. The topological polar surface area (TPSA) is 108 Å². The molecular formula is C25H25F3N5O3+. The smallest absolute Gasteiger partial charge is 0.372 e. The number of hydrogen-bond donors (Lipinski definition) is 2. The van der Waals surface area contributed by atoms with Crippen molar-refractivity contribution in [2.24, 2.45) is 7.05 Å². The number of nitrogens with zero attached hydrogens (tertiary/aromatic N) is 4. The normalized spacial score (nSPS) is 21.1. The van der Waals surface area contributed by atoms with E-state index in [1.807, 2.05) is 36.0 Å². The summed E-state index contributed by atoms with van der Waals surface area (Å²) in [5.41, 5.74) is 2.85. The first-order valence-electron chi connectivity index (χ1n) is 11.3. The number of fused-ring (bicyclic) bond motifs is 1. The van der Waals surface area contributed by atoms with Crippen molar-refractivity contribution in [3.8, 4) is 6.07 Å². The summed E-state index contributed by atoms with van der Waals surface area (Å²) in [4.78, 5) is 29.0. The van der Waals surface area contributed by atoms with Gasteiger partial charge in [0.05, 0.1) is 31.8 Å². The molecule has 3 heterocycles. The molecule has 2 amide bonds. The molecule has 1 fully saturated rings. The van der Waals surface area contributed by atoms with Gasteiger partial charge in [-0.25, -0.2) is 4.79 Å².